The van der Waals surface area contributed by atoms with Gasteiger partial charge in [0.1, 0.15) is 11.9 Å². The molecule has 1 heterocycles. The smallest absolute Gasteiger partial charge is 0.305 e. The van der Waals surface area contributed by atoms with E-state index in [-0.39, 0.29) is 12.1 Å². The van der Waals surface area contributed by atoms with Gasteiger partial charge in [-0.15, -0.1) is 0 Å². The second-order valence-electron chi connectivity index (χ2n) is 6.40. The molecule has 1 atom stereocenters. The van der Waals surface area contributed by atoms with E-state index in [9.17, 15) is 4.79 Å². The number of hydrogen-bond donors (Lipinski definition) is 2. The number of esters is 1. The molecule has 6 heteroatoms. The predicted octanol–water partition coefficient (Wildman–Crippen LogP) is 2.67. The summed E-state index contributed by atoms with van der Waals surface area (Å²) in [6, 6.07) is 8.18. The lowest BCUT2D eigenvalue weighted by atomic mass is 10.1. The third-order valence-electron chi connectivity index (χ3n) is 4.34. The van der Waals surface area contributed by atoms with E-state index in [1.165, 1.54) is 5.56 Å². The molecular weight excluding hydrogens is 330 g/mol. The van der Waals surface area contributed by atoms with E-state index >= 15 is 0 Å². The number of unbranched alkanes of at least 4 members (excludes halogenated alkanes) is 3. The van der Waals surface area contributed by atoms with Gasteiger partial charge in [-0.25, -0.2) is 0 Å². The summed E-state index contributed by atoms with van der Waals surface area (Å²) >= 11 is 0. The third kappa shape index (κ3) is 6.94. The van der Waals surface area contributed by atoms with Gasteiger partial charge in [0.05, 0.1) is 13.2 Å². The van der Waals surface area contributed by atoms with Crippen molar-refractivity contribution in [2.75, 3.05) is 26.7 Å². The number of para-hydroxylation sites is 1. The molecule has 0 radical (unpaired) electrons. The molecule has 0 aliphatic carbocycles. The highest BCUT2D eigenvalue weighted by Gasteiger charge is 2.22. The molecule has 1 aromatic carbocycles. The maximum atomic E-state index is 11.2. The monoisotopic (exact) mass is 361 g/mol. The first-order valence-electron chi connectivity index (χ1n) is 9.57. The van der Waals surface area contributed by atoms with E-state index in [0.29, 0.717) is 13.0 Å². The van der Waals surface area contributed by atoms with Gasteiger partial charge in [0.15, 0.2) is 5.96 Å². The third-order valence-corrected chi connectivity index (χ3v) is 4.34. The van der Waals surface area contributed by atoms with Gasteiger partial charge >= 0.3 is 5.97 Å². The number of ether oxygens (including phenoxy) is 2. The van der Waals surface area contributed by atoms with Crippen LogP contribution in [0.4, 0.5) is 0 Å². The SMILES string of the molecule is CCOC(=O)CCCCCCNC(=NC)NCC1Cc2ccccc2O1. The summed E-state index contributed by atoms with van der Waals surface area (Å²) in [5, 5.41) is 6.66. The first kappa shape index (κ1) is 20.1. The van der Waals surface area contributed by atoms with Crippen molar-refractivity contribution in [2.45, 2.75) is 51.6 Å². The molecule has 26 heavy (non-hydrogen) atoms. The summed E-state index contributed by atoms with van der Waals surface area (Å²) in [5.41, 5.74) is 1.27. The number of guanidine groups is 1. The number of nitrogens with zero attached hydrogens (tertiary/aromatic N) is 1. The molecule has 144 valence electrons. The zero-order valence-electron chi connectivity index (χ0n) is 15.9. The summed E-state index contributed by atoms with van der Waals surface area (Å²) in [6.45, 7) is 3.90. The second kappa shape index (κ2) is 11.4. The Kier molecular flexibility index (Phi) is 8.79. The van der Waals surface area contributed by atoms with E-state index in [2.05, 4.69) is 21.7 Å². The van der Waals surface area contributed by atoms with Gasteiger partial charge < -0.3 is 20.1 Å². The number of hydrogen-bond acceptors (Lipinski definition) is 4. The Labute approximate surface area is 156 Å². The van der Waals surface area contributed by atoms with Crippen molar-refractivity contribution < 1.29 is 14.3 Å². The largest absolute Gasteiger partial charge is 0.488 e. The highest BCUT2D eigenvalue weighted by atomic mass is 16.5. The van der Waals surface area contributed by atoms with Crippen LogP contribution in [0.2, 0.25) is 0 Å². The molecule has 2 rings (SSSR count). The predicted molar refractivity (Wildman–Crippen MR) is 104 cm³/mol. The first-order chi connectivity index (χ1) is 12.7. The number of rotatable bonds is 10. The minimum Gasteiger partial charge on any atom is -0.488 e. The fourth-order valence-electron chi connectivity index (χ4n) is 2.99. The average Bonchev–Trinajstić information content (AvgIpc) is 3.06. The van der Waals surface area contributed by atoms with Gasteiger partial charge in [-0.3, -0.25) is 9.79 Å². The minimum absolute atomic E-state index is 0.0912. The summed E-state index contributed by atoms with van der Waals surface area (Å²) in [7, 11) is 1.78. The van der Waals surface area contributed by atoms with Crippen molar-refractivity contribution in [2.24, 2.45) is 4.99 Å². The zero-order valence-corrected chi connectivity index (χ0v) is 15.9. The lowest BCUT2D eigenvalue weighted by Gasteiger charge is -2.15. The molecule has 0 bridgehead atoms. The van der Waals surface area contributed by atoms with Crippen molar-refractivity contribution in [3.05, 3.63) is 29.8 Å². The quantitative estimate of drug-likeness (QED) is 0.290. The Morgan fingerprint density at radius 2 is 2.04 bits per heavy atom. The Balaban J connectivity index is 1.52. The van der Waals surface area contributed by atoms with Crippen LogP contribution in [0.3, 0.4) is 0 Å². The van der Waals surface area contributed by atoms with Crippen LogP contribution in [-0.4, -0.2) is 44.8 Å². The summed E-state index contributed by atoms with van der Waals surface area (Å²) in [6.07, 6.45) is 5.68. The fourth-order valence-corrected chi connectivity index (χ4v) is 2.99. The fraction of sp³-hybridized carbons (Fsp3) is 0.600. The molecule has 0 aromatic heterocycles. The van der Waals surface area contributed by atoms with E-state index in [0.717, 1.165) is 56.9 Å². The topological polar surface area (TPSA) is 72.0 Å². The number of aliphatic imine (C=N–C) groups is 1. The highest BCUT2D eigenvalue weighted by molar-refractivity contribution is 5.79. The van der Waals surface area contributed by atoms with Crippen LogP contribution in [0, 0.1) is 0 Å². The maximum Gasteiger partial charge on any atom is 0.305 e. The molecule has 0 amide bonds. The van der Waals surface area contributed by atoms with Gasteiger partial charge in [-0.05, 0) is 31.4 Å². The number of carbonyl (C=O) groups excluding carboxylic acids is 1. The molecule has 0 saturated carbocycles. The molecule has 0 spiro atoms. The van der Waals surface area contributed by atoms with Crippen LogP contribution in [0.15, 0.2) is 29.3 Å². The number of benzene rings is 1. The second-order valence-corrected chi connectivity index (χ2v) is 6.40. The van der Waals surface area contributed by atoms with Crippen LogP contribution in [0.1, 0.15) is 44.6 Å². The summed E-state index contributed by atoms with van der Waals surface area (Å²) < 4.78 is 10.8. The average molecular weight is 361 g/mol. The molecule has 1 unspecified atom stereocenters. The Morgan fingerprint density at radius 3 is 2.81 bits per heavy atom. The van der Waals surface area contributed by atoms with Crippen molar-refractivity contribution >= 4 is 11.9 Å². The van der Waals surface area contributed by atoms with E-state index in [1.807, 2.05) is 25.1 Å². The van der Waals surface area contributed by atoms with Crippen molar-refractivity contribution in [3.63, 3.8) is 0 Å². The van der Waals surface area contributed by atoms with Crippen LogP contribution in [-0.2, 0) is 16.0 Å². The first-order valence-corrected chi connectivity index (χ1v) is 9.57. The lowest BCUT2D eigenvalue weighted by Crippen LogP contribution is -2.42. The molecule has 1 aliphatic rings. The van der Waals surface area contributed by atoms with Crippen LogP contribution >= 0.6 is 0 Å². The van der Waals surface area contributed by atoms with Gasteiger partial charge in [-0.1, -0.05) is 31.0 Å². The van der Waals surface area contributed by atoms with Crippen LogP contribution in [0.25, 0.3) is 0 Å². The zero-order chi connectivity index (χ0) is 18.6. The number of nitrogens with one attached hydrogen (secondary N) is 2. The van der Waals surface area contributed by atoms with Gasteiger partial charge in [0, 0.05) is 26.4 Å². The lowest BCUT2D eigenvalue weighted by molar-refractivity contribution is -0.143. The highest BCUT2D eigenvalue weighted by Crippen LogP contribution is 2.27. The summed E-state index contributed by atoms with van der Waals surface area (Å²) in [5.74, 6) is 1.70. The van der Waals surface area contributed by atoms with Crippen LogP contribution in [0.5, 0.6) is 5.75 Å². The van der Waals surface area contributed by atoms with Crippen LogP contribution < -0.4 is 15.4 Å². The number of carbonyl (C=O) groups is 1. The van der Waals surface area contributed by atoms with Gasteiger partial charge in [-0.2, -0.15) is 0 Å². The van der Waals surface area contributed by atoms with Gasteiger partial charge in [0.2, 0.25) is 0 Å². The molecule has 2 N–H and O–H groups in total. The Bertz CT molecular complexity index is 564. The summed E-state index contributed by atoms with van der Waals surface area (Å²) in [4.78, 5) is 15.5. The molecule has 6 nitrogen and oxygen atoms in total. The van der Waals surface area contributed by atoms with E-state index < -0.39 is 0 Å². The molecule has 0 fully saturated rings. The van der Waals surface area contributed by atoms with Gasteiger partial charge in [0.25, 0.3) is 0 Å². The molecule has 1 aliphatic heterocycles. The van der Waals surface area contributed by atoms with E-state index in [4.69, 9.17) is 9.47 Å². The van der Waals surface area contributed by atoms with Crippen molar-refractivity contribution in [3.8, 4) is 5.75 Å². The van der Waals surface area contributed by atoms with Crippen molar-refractivity contribution in [1.82, 2.24) is 10.6 Å². The van der Waals surface area contributed by atoms with E-state index in [1.54, 1.807) is 7.05 Å². The number of fused-ring (bicyclic) bond motifs is 1. The maximum absolute atomic E-state index is 11.2. The minimum atomic E-state index is -0.0912. The van der Waals surface area contributed by atoms with Crippen molar-refractivity contribution in [1.29, 1.82) is 0 Å². The molecular formula is C20H31N3O3. The Hall–Kier alpha value is -2.24. The Morgan fingerprint density at radius 1 is 1.23 bits per heavy atom. The normalized spacial score (nSPS) is 15.9. The molecule has 0 saturated heterocycles. The standard InChI is InChI=1S/C20H31N3O3/c1-3-25-19(24)12-6-4-5-9-13-22-20(21-2)23-15-17-14-16-10-7-8-11-18(16)26-17/h7-8,10-11,17H,3-6,9,12-15H2,1-2H3,(H2,21,22,23). The molecule has 1 aromatic rings.